The van der Waals surface area contributed by atoms with E-state index in [1.807, 2.05) is 12.1 Å². The Kier molecular flexibility index (Phi) is 5.43. The Labute approximate surface area is 128 Å². The molecule has 0 aliphatic carbocycles. The van der Waals surface area contributed by atoms with Gasteiger partial charge in [-0.3, -0.25) is 0 Å². The molecule has 0 atom stereocenters. The minimum Gasteiger partial charge on any atom is -0.505 e. The molecular weight excluding hydrogens is 280 g/mol. The summed E-state index contributed by atoms with van der Waals surface area (Å²) in [6.45, 7) is 1.87. The first-order chi connectivity index (χ1) is 10.7. The van der Waals surface area contributed by atoms with Crippen molar-refractivity contribution < 1.29 is 14.6 Å². The summed E-state index contributed by atoms with van der Waals surface area (Å²) >= 11 is 0. The Morgan fingerprint density at radius 1 is 1.05 bits per heavy atom. The van der Waals surface area contributed by atoms with Crippen LogP contribution in [-0.2, 0) is 9.53 Å². The maximum atomic E-state index is 12.0. The predicted molar refractivity (Wildman–Crippen MR) is 83.6 cm³/mol. The third-order valence-electron chi connectivity index (χ3n) is 2.76. The van der Waals surface area contributed by atoms with Gasteiger partial charge in [0.2, 0.25) is 5.70 Å². The molecule has 0 aliphatic rings. The van der Waals surface area contributed by atoms with Crippen LogP contribution < -0.4 is 0 Å². The van der Waals surface area contributed by atoms with E-state index in [-0.39, 0.29) is 18.1 Å². The van der Waals surface area contributed by atoms with Crippen molar-refractivity contribution in [3.05, 3.63) is 71.9 Å². The van der Waals surface area contributed by atoms with E-state index < -0.39 is 5.97 Å². The fraction of sp³-hybridized carbons (Fsp3) is 0.118. The first-order valence-electron chi connectivity index (χ1n) is 6.85. The van der Waals surface area contributed by atoms with Crippen LogP contribution in [0, 0.1) is 0 Å². The number of carbonyl (C=O) groups is 1. The van der Waals surface area contributed by atoms with Crippen LogP contribution in [0.15, 0.2) is 76.6 Å². The fourth-order valence-corrected chi connectivity index (χ4v) is 1.72. The summed E-state index contributed by atoms with van der Waals surface area (Å²) in [4.78, 5) is 12.0. The van der Waals surface area contributed by atoms with Crippen molar-refractivity contribution in [2.75, 3.05) is 6.61 Å². The van der Waals surface area contributed by atoms with E-state index >= 15 is 0 Å². The summed E-state index contributed by atoms with van der Waals surface area (Å²) in [5.41, 5.74) is 0.819. The molecule has 2 rings (SSSR count). The van der Waals surface area contributed by atoms with Crippen LogP contribution >= 0.6 is 0 Å². The number of aliphatic hydroxyl groups excluding tert-OH is 1. The zero-order valence-electron chi connectivity index (χ0n) is 12.1. The molecule has 1 N–H and O–H groups in total. The Morgan fingerprint density at radius 2 is 1.64 bits per heavy atom. The van der Waals surface area contributed by atoms with E-state index in [9.17, 15) is 9.90 Å². The summed E-state index contributed by atoms with van der Waals surface area (Å²) in [5.74, 6) is -0.984. The van der Waals surface area contributed by atoms with Gasteiger partial charge in [0.1, 0.15) is 0 Å². The van der Waals surface area contributed by atoms with E-state index in [4.69, 9.17) is 4.74 Å². The van der Waals surface area contributed by atoms with Crippen molar-refractivity contribution >= 4 is 17.4 Å². The molecule has 0 unspecified atom stereocenters. The van der Waals surface area contributed by atoms with Crippen molar-refractivity contribution in [1.82, 2.24) is 0 Å². The maximum Gasteiger partial charge on any atom is 0.362 e. The van der Waals surface area contributed by atoms with Gasteiger partial charge in [-0.15, -0.1) is 5.11 Å². The summed E-state index contributed by atoms with van der Waals surface area (Å²) in [6.07, 6.45) is 0. The van der Waals surface area contributed by atoms with Crippen LogP contribution in [0.25, 0.3) is 5.76 Å². The Balaban J connectivity index is 2.39. The first-order valence-corrected chi connectivity index (χ1v) is 6.85. The highest BCUT2D eigenvalue weighted by molar-refractivity contribution is 5.95. The summed E-state index contributed by atoms with van der Waals surface area (Å²) in [6, 6.07) is 17.6. The molecule has 0 amide bonds. The zero-order chi connectivity index (χ0) is 15.8. The second-order valence-corrected chi connectivity index (χ2v) is 4.32. The third-order valence-corrected chi connectivity index (χ3v) is 2.76. The Bertz CT molecular complexity index is 680. The van der Waals surface area contributed by atoms with Gasteiger partial charge in [0, 0.05) is 5.56 Å². The molecular formula is C17H16N2O3. The van der Waals surface area contributed by atoms with E-state index in [2.05, 4.69) is 10.2 Å². The van der Waals surface area contributed by atoms with Crippen molar-refractivity contribution in [2.24, 2.45) is 10.2 Å². The standard InChI is InChI=1S/C17H16N2O3/c1-2-22-17(21)15(16(20)13-9-5-3-6-10-13)19-18-14-11-7-4-8-12-14/h3-12,20H,2H2,1H3/b16-15+,19-18?. The normalized spacial score (nSPS) is 12.0. The number of carbonyl (C=O) groups excluding carboxylic acids is 1. The van der Waals surface area contributed by atoms with E-state index in [1.54, 1.807) is 55.5 Å². The lowest BCUT2D eigenvalue weighted by molar-refractivity contribution is -0.138. The van der Waals surface area contributed by atoms with Crippen LogP contribution in [0.4, 0.5) is 5.69 Å². The average Bonchev–Trinajstić information content (AvgIpc) is 2.57. The van der Waals surface area contributed by atoms with Crippen molar-refractivity contribution in [3.8, 4) is 0 Å². The van der Waals surface area contributed by atoms with Gasteiger partial charge in [0.05, 0.1) is 12.3 Å². The highest BCUT2D eigenvalue weighted by Gasteiger charge is 2.18. The molecule has 0 aromatic heterocycles. The molecule has 0 spiro atoms. The number of hydrogen-bond donors (Lipinski definition) is 1. The van der Waals surface area contributed by atoms with Gasteiger partial charge in [-0.1, -0.05) is 48.5 Å². The van der Waals surface area contributed by atoms with E-state index in [0.29, 0.717) is 11.3 Å². The first kappa shape index (κ1) is 15.4. The van der Waals surface area contributed by atoms with Gasteiger partial charge in [-0.25, -0.2) is 4.79 Å². The summed E-state index contributed by atoms with van der Waals surface area (Å²) in [5, 5.41) is 18.1. The van der Waals surface area contributed by atoms with E-state index in [0.717, 1.165) is 0 Å². The third kappa shape index (κ3) is 4.02. The highest BCUT2D eigenvalue weighted by Crippen LogP contribution is 2.20. The second-order valence-electron chi connectivity index (χ2n) is 4.32. The van der Waals surface area contributed by atoms with E-state index in [1.165, 1.54) is 0 Å². The molecule has 0 saturated carbocycles. The number of esters is 1. The number of aliphatic hydroxyl groups is 1. The number of benzene rings is 2. The zero-order valence-corrected chi connectivity index (χ0v) is 12.1. The smallest absolute Gasteiger partial charge is 0.362 e. The lowest BCUT2D eigenvalue weighted by atomic mass is 10.1. The Hall–Kier alpha value is -2.95. The molecule has 2 aromatic carbocycles. The number of hydrogen-bond acceptors (Lipinski definition) is 5. The summed E-state index contributed by atoms with van der Waals surface area (Å²) in [7, 11) is 0. The molecule has 0 aliphatic heterocycles. The van der Waals surface area contributed by atoms with Crippen molar-refractivity contribution in [3.63, 3.8) is 0 Å². The molecule has 0 radical (unpaired) electrons. The topological polar surface area (TPSA) is 71.2 Å². The number of ether oxygens (including phenoxy) is 1. The van der Waals surface area contributed by atoms with Crippen LogP contribution in [0.3, 0.4) is 0 Å². The maximum absolute atomic E-state index is 12.0. The molecule has 112 valence electrons. The second kappa shape index (κ2) is 7.73. The monoisotopic (exact) mass is 296 g/mol. The van der Waals surface area contributed by atoms with Crippen LogP contribution in [0.2, 0.25) is 0 Å². The van der Waals surface area contributed by atoms with Crippen LogP contribution in [0.1, 0.15) is 12.5 Å². The molecule has 2 aromatic rings. The van der Waals surface area contributed by atoms with Gasteiger partial charge in [-0.05, 0) is 19.1 Å². The number of rotatable bonds is 5. The molecule has 0 heterocycles. The highest BCUT2D eigenvalue weighted by atomic mass is 16.5. The Morgan fingerprint density at radius 3 is 2.23 bits per heavy atom. The van der Waals surface area contributed by atoms with Gasteiger partial charge in [0.25, 0.3) is 0 Å². The quantitative estimate of drug-likeness (QED) is 0.388. The lowest BCUT2D eigenvalue weighted by Crippen LogP contribution is -2.08. The van der Waals surface area contributed by atoms with Gasteiger partial charge in [0.15, 0.2) is 5.76 Å². The molecule has 5 heteroatoms. The molecule has 5 nitrogen and oxygen atoms in total. The van der Waals surface area contributed by atoms with Crippen molar-refractivity contribution in [2.45, 2.75) is 6.92 Å². The minimum atomic E-state index is -0.719. The summed E-state index contributed by atoms with van der Waals surface area (Å²) < 4.78 is 4.92. The predicted octanol–water partition coefficient (Wildman–Crippen LogP) is 4.26. The van der Waals surface area contributed by atoms with Gasteiger partial charge in [-0.2, -0.15) is 5.11 Å². The van der Waals surface area contributed by atoms with Gasteiger partial charge < -0.3 is 9.84 Å². The molecule has 22 heavy (non-hydrogen) atoms. The number of nitrogens with zero attached hydrogens (tertiary/aromatic N) is 2. The fourth-order valence-electron chi connectivity index (χ4n) is 1.72. The largest absolute Gasteiger partial charge is 0.505 e. The molecule has 0 saturated heterocycles. The molecule has 0 bridgehead atoms. The lowest BCUT2D eigenvalue weighted by Gasteiger charge is -2.05. The average molecular weight is 296 g/mol. The van der Waals surface area contributed by atoms with Crippen LogP contribution in [-0.4, -0.2) is 17.7 Å². The number of azo groups is 1. The SMILES string of the molecule is CCOC(=O)/C(N=Nc1ccccc1)=C(\O)c1ccccc1. The van der Waals surface area contributed by atoms with Crippen molar-refractivity contribution in [1.29, 1.82) is 0 Å². The molecule has 0 fully saturated rings. The minimum absolute atomic E-state index is 0.186. The van der Waals surface area contributed by atoms with Crippen LogP contribution in [0.5, 0.6) is 0 Å². The van der Waals surface area contributed by atoms with Gasteiger partial charge >= 0.3 is 5.97 Å².